The first-order valence-electron chi connectivity index (χ1n) is 3.10. The maximum Gasteiger partial charge on any atom is 0.0115 e. The van der Waals surface area contributed by atoms with Crippen molar-refractivity contribution in [3.8, 4) is 0 Å². The van der Waals surface area contributed by atoms with Crippen LogP contribution >= 0.6 is 22.6 Å². The van der Waals surface area contributed by atoms with Gasteiger partial charge in [0.2, 0.25) is 0 Å². The number of halogens is 1. The Labute approximate surface area is 64.5 Å². The summed E-state index contributed by atoms with van der Waals surface area (Å²) in [5.41, 5.74) is 0. The van der Waals surface area contributed by atoms with Gasteiger partial charge >= 0.3 is 0 Å². The molecule has 0 heterocycles. The molecule has 0 saturated heterocycles. The van der Waals surface area contributed by atoms with Crippen LogP contribution in [0.3, 0.4) is 0 Å². The fraction of sp³-hybridized carbons (Fsp3) is 0.714. The average molecular weight is 222 g/mol. The molecule has 0 aromatic carbocycles. The normalized spacial score (nSPS) is 24.2. The van der Waals surface area contributed by atoms with Crippen LogP contribution in [0.15, 0.2) is 12.2 Å². The second kappa shape index (κ2) is 2.85. The number of allylic oxidation sites excluding steroid dienone is 2. The lowest BCUT2D eigenvalue weighted by Crippen LogP contribution is -2.04. The largest absolute Gasteiger partial charge is 0.0882 e. The minimum absolute atomic E-state index is 0.850. The van der Waals surface area contributed by atoms with Crippen molar-refractivity contribution in [1.82, 2.24) is 0 Å². The Morgan fingerprint density at radius 1 is 1.50 bits per heavy atom. The molecule has 0 aromatic heterocycles. The first-order chi connectivity index (χ1) is 3.80. The van der Waals surface area contributed by atoms with E-state index in [2.05, 4.69) is 41.7 Å². The van der Waals surface area contributed by atoms with Gasteiger partial charge in [0.15, 0.2) is 0 Å². The lowest BCUT2D eigenvalue weighted by Gasteiger charge is -2.09. The third-order valence-corrected chi connectivity index (χ3v) is 2.71. The molecule has 1 aliphatic rings. The standard InChI is InChI=1S/C7H11I/c1-6(8)7-4-2-3-5-7/h2-3,6-7H,4-5H2,1H3. The Kier molecular flexibility index (Phi) is 2.35. The van der Waals surface area contributed by atoms with Crippen LogP contribution in [0, 0.1) is 5.92 Å². The number of hydrogen-bond acceptors (Lipinski definition) is 0. The molecular formula is C7H11I. The molecule has 1 rings (SSSR count). The summed E-state index contributed by atoms with van der Waals surface area (Å²) in [5.74, 6) is 0.940. The highest BCUT2D eigenvalue weighted by Gasteiger charge is 2.14. The van der Waals surface area contributed by atoms with E-state index in [9.17, 15) is 0 Å². The monoisotopic (exact) mass is 222 g/mol. The number of alkyl halides is 1. The molecule has 0 fully saturated rings. The van der Waals surface area contributed by atoms with E-state index in [1.165, 1.54) is 12.8 Å². The quantitative estimate of drug-likeness (QED) is 0.363. The maximum absolute atomic E-state index is 2.50. The van der Waals surface area contributed by atoms with Gasteiger partial charge in [-0.05, 0) is 18.8 Å². The molecule has 0 nitrogen and oxygen atoms in total. The molecule has 0 spiro atoms. The molecule has 0 radical (unpaired) electrons. The topological polar surface area (TPSA) is 0 Å². The van der Waals surface area contributed by atoms with E-state index in [-0.39, 0.29) is 0 Å². The van der Waals surface area contributed by atoms with Crippen LogP contribution in [-0.2, 0) is 0 Å². The zero-order chi connectivity index (χ0) is 5.98. The predicted octanol–water partition coefficient (Wildman–Crippen LogP) is 2.78. The van der Waals surface area contributed by atoms with Gasteiger partial charge in [0.25, 0.3) is 0 Å². The van der Waals surface area contributed by atoms with Crippen molar-refractivity contribution < 1.29 is 0 Å². The maximum atomic E-state index is 2.50. The van der Waals surface area contributed by atoms with Gasteiger partial charge in [-0.3, -0.25) is 0 Å². The van der Waals surface area contributed by atoms with E-state index in [0.29, 0.717) is 0 Å². The van der Waals surface area contributed by atoms with Crippen molar-refractivity contribution in [1.29, 1.82) is 0 Å². The summed E-state index contributed by atoms with van der Waals surface area (Å²) in [6.45, 7) is 2.29. The molecular weight excluding hydrogens is 211 g/mol. The summed E-state index contributed by atoms with van der Waals surface area (Å²) in [5, 5.41) is 0. The third kappa shape index (κ3) is 1.47. The van der Waals surface area contributed by atoms with Crippen LogP contribution < -0.4 is 0 Å². The van der Waals surface area contributed by atoms with Gasteiger partial charge in [0.05, 0.1) is 0 Å². The average Bonchev–Trinajstić information content (AvgIpc) is 2.12. The van der Waals surface area contributed by atoms with Gasteiger partial charge in [-0.15, -0.1) is 0 Å². The SMILES string of the molecule is CC(I)C1CC=CC1. The van der Waals surface area contributed by atoms with Gasteiger partial charge in [-0.1, -0.05) is 41.7 Å². The smallest absolute Gasteiger partial charge is 0.0115 e. The van der Waals surface area contributed by atoms with Crippen LogP contribution in [0.4, 0.5) is 0 Å². The van der Waals surface area contributed by atoms with E-state index < -0.39 is 0 Å². The summed E-state index contributed by atoms with van der Waals surface area (Å²) in [6, 6.07) is 0. The fourth-order valence-corrected chi connectivity index (χ4v) is 1.60. The van der Waals surface area contributed by atoms with Crippen LogP contribution in [0.5, 0.6) is 0 Å². The molecule has 0 bridgehead atoms. The molecule has 0 saturated carbocycles. The summed E-state index contributed by atoms with van der Waals surface area (Å²) in [4.78, 5) is 0. The molecule has 0 N–H and O–H groups in total. The lowest BCUT2D eigenvalue weighted by atomic mass is 10.1. The molecule has 1 heteroatoms. The molecule has 1 unspecified atom stereocenters. The van der Waals surface area contributed by atoms with Crippen molar-refractivity contribution in [2.45, 2.75) is 23.7 Å². The highest BCUT2D eigenvalue weighted by atomic mass is 127. The first kappa shape index (κ1) is 6.59. The van der Waals surface area contributed by atoms with E-state index in [4.69, 9.17) is 0 Å². The van der Waals surface area contributed by atoms with Crippen LogP contribution in [0.25, 0.3) is 0 Å². The first-order valence-corrected chi connectivity index (χ1v) is 4.34. The fourth-order valence-electron chi connectivity index (χ4n) is 1.01. The Bertz CT molecular complexity index is 86.6. The molecule has 0 amide bonds. The molecule has 0 aromatic rings. The zero-order valence-corrected chi connectivity index (χ0v) is 7.26. The molecule has 8 heavy (non-hydrogen) atoms. The predicted molar refractivity (Wildman–Crippen MR) is 45.3 cm³/mol. The van der Waals surface area contributed by atoms with Gasteiger partial charge in [0.1, 0.15) is 0 Å². The van der Waals surface area contributed by atoms with Gasteiger partial charge < -0.3 is 0 Å². The molecule has 1 atom stereocenters. The van der Waals surface area contributed by atoms with Gasteiger partial charge in [0, 0.05) is 3.92 Å². The number of hydrogen-bond donors (Lipinski definition) is 0. The third-order valence-electron chi connectivity index (χ3n) is 1.69. The van der Waals surface area contributed by atoms with Crippen LogP contribution in [0.1, 0.15) is 19.8 Å². The zero-order valence-electron chi connectivity index (χ0n) is 5.10. The minimum atomic E-state index is 0.850. The summed E-state index contributed by atoms with van der Waals surface area (Å²) >= 11 is 2.50. The second-order valence-corrected chi connectivity index (χ2v) is 4.35. The molecule has 0 aliphatic heterocycles. The Morgan fingerprint density at radius 2 is 2.00 bits per heavy atom. The van der Waals surface area contributed by atoms with Gasteiger partial charge in [-0.2, -0.15) is 0 Å². The lowest BCUT2D eigenvalue weighted by molar-refractivity contribution is 0.580. The second-order valence-electron chi connectivity index (χ2n) is 2.38. The van der Waals surface area contributed by atoms with Crippen molar-refractivity contribution >= 4 is 22.6 Å². The summed E-state index contributed by atoms with van der Waals surface area (Å²) < 4.78 is 0.850. The minimum Gasteiger partial charge on any atom is -0.0882 e. The molecule has 1 aliphatic carbocycles. The van der Waals surface area contributed by atoms with E-state index in [0.717, 1.165) is 9.84 Å². The van der Waals surface area contributed by atoms with Crippen molar-refractivity contribution in [2.75, 3.05) is 0 Å². The molecule has 46 valence electrons. The summed E-state index contributed by atoms with van der Waals surface area (Å²) in [7, 11) is 0. The van der Waals surface area contributed by atoms with Crippen molar-refractivity contribution in [3.63, 3.8) is 0 Å². The van der Waals surface area contributed by atoms with Crippen LogP contribution in [0.2, 0.25) is 0 Å². The Hall–Kier alpha value is 0.470. The van der Waals surface area contributed by atoms with Gasteiger partial charge in [-0.25, -0.2) is 0 Å². The van der Waals surface area contributed by atoms with E-state index in [1.807, 2.05) is 0 Å². The Balaban J connectivity index is 2.29. The Morgan fingerprint density at radius 3 is 2.25 bits per heavy atom. The number of rotatable bonds is 1. The van der Waals surface area contributed by atoms with E-state index >= 15 is 0 Å². The highest BCUT2D eigenvalue weighted by Crippen LogP contribution is 2.25. The van der Waals surface area contributed by atoms with Crippen molar-refractivity contribution in [3.05, 3.63) is 12.2 Å². The van der Waals surface area contributed by atoms with Crippen molar-refractivity contribution in [2.24, 2.45) is 5.92 Å². The van der Waals surface area contributed by atoms with E-state index in [1.54, 1.807) is 0 Å². The highest BCUT2D eigenvalue weighted by molar-refractivity contribution is 14.1. The summed E-state index contributed by atoms with van der Waals surface area (Å²) in [6.07, 6.45) is 7.20. The van der Waals surface area contributed by atoms with Crippen LogP contribution in [-0.4, -0.2) is 3.92 Å².